The maximum absolute atomic E-state index is 13.9. The Kier molecular flexibility index (Phi) is 8.23. The Labute approximate surface area is 242 Å². The van der Waals surface area contributed by atoms with Gasteiger partial charge in [0.1, 0.15) is 11.7 Å². The number of rotatable bonds is 7. The Bertz CT molecular complexity index is 1620. The number of amides is 1. The van der Waals surface area contributed by atoms with Gasteiger partial charge in [0.05, 0.1) is 12.4 Å². The number of aromatic nitrogens is 2. The summed E-state index contributed by atoms with van der Waals surface area (Å²) in [7, 11) is 0. The normalized spacial score (nSPS) is 15.4. The molecule has 0 saturated carbocycles. The van der Waals surface area contributed by atoms with Crippen molar-refractivity contribution in [1.82, 2.24) is 10.4 Å². The van der Waals surface area contributed by atoms with Gasteiger partial charge in [-0.2, -0.15) is 14.6 Å². The van der Waals surface area contributed by atoms with Crippen LogP contribution in [0.1, 0.15) is 34.3 Å². The Morgan fingerprint density at radius 2 is 1.88 bits per heavy atom. The van der Waals surface area contributed by atoms with E-state index in [2.05, 4.69) is 20.5 Å². The fourth-order valence-electron chi connectivity index (χ4n) is 4.52. The van der Waals surface area contributed by atoms with E-state index in [1.807, 2.05) is 61.5 Å². The van der Waals surface area contributed by atoms with Crippen LogP contribution in [-0.2, 0) is 24.0 Å². The lowest BCUT2D eigenvalue weighted by molar-refractivity contribution is -0.563. The monoisotopic (exact) mass is 568 g/mol. The summed E-state index contributed by atoms with van der Waals surface area (Å²) in [4.78, 5) is 37.4. The number of nitrogens with one attached hydrogen (secondary N) is 1. The lowest BCUT2D eigenvalue weighted by atomic mass is 9.91. The maximum Gasteiger partial charge on any atom is 0.333 e. The predicted molar refractivity (Wildman–Crippen MR) is 158 cm³/mol. The Morgan fingerprint density at radius 1 is 1.07 bits per heavy atom. The van der Waals surface area contributed by atoms with Crippen LogP contribution < -0.4 is 14.9 Å². The third-order valence-corrected chi connectivity index (χ3v) is 6.80. The molecule has 4 aromatic rings. The third kappa shape index (κ3) is 5.90. The van der Waals surface area contributed by atoms with Gasteiger partial charge in [0, 0.05) is 24.4 Å². The fraction of sp³-hybridized carbons (Fsp3) is 0.133. The van der Waals surface area contributed by atoms with E-state index in [0.29, 0.717) is 28.2 Å². The molecule has 3 heterocycles. The van der Waals surface area contributed by atoms with Crippen LogP contribution in [0.3, 0.4) is 0 Å². The minimum Gasteiger partial charge on any atom is -0.741 e. The molecule has 2 aromatic heterocycles. The van der Waals surface area contributed by atoms with Crippen molar-refractivity contribution < 1.29 is 14.2 Å². The lowest BCUT2D eigenvalue weighted by Gasteiger charge is -2.26. The van der Waals surface area contributed by atoms with E-state index in [4.69, 9.17) is 24.2 Å². The number of carbonyl (C=O) groups is 2. The molecule has 8 nitrogen and oxygen atoms in total. The number of halogens is 1. The molecule has 0 saturated heterocycles. The van der Waals surface area contributed by atoms with Gasteiger partial charge in [0.25, 0.3) is 5.82 Å². The van der Waals surface area contributed by atoms with Gasteiger partial charge in [0.2, 0.25) is 0 Å². The first-order valence-electron chi connectivity index (χ1n) is 12.6. The Morgan fingerprint density at radius 3 is 2.65 bits per heavy atom. The van der Waals surface area contributed by atoms with E-state index < -0.39 is 5.92 Å². The van der Waals surface area contributed by atoms with Crippen LogP contribution in [0.5, 0.6) is 0 Å². The zero-order valence-corrected chi connectivity index (χ0v) is 23.1. The number of aliphatic imine (C=N–C) groups is 1. The summed E-state index contributed by atoms with van der Waals surface area (Å²) in [6.45, 7) is 2.73. The van der Waals surface area contributed by atoms with Crippen molar-refractivity contribution in [2.45, 2.75) is 19.4 Å². The highest BCUT2D eigenvalue weighted by Gasteiger charge is 2.47. The molecule has 1 unspecified atom stereocenters. The van der Waals surface area contributed by atoms with Crippen molar-refractivity contribution in [2.24, 2.45) is 10.1 Å². The quantitative estimate of drug-likeness (QED) is 0.0674. The standard InChI is InChI=1S/C30H25ClN6O2S/c1-2-32-30(40)35-34-18-20-7-5-8-22(15-20)23-9-6-10-24(16-23)27-28(38)36-14-4-3-11-26(36)37(29(27)39)19-21-12-13-25(31)33-17-21/h3-18,27H,2,19H2,1H3,(H-,32,35,40)/b34-18+. The Hall–Kier alpha value is -4.47. The van der Waals surface area contributed by atoms with Gasteiger partial charge < -0.3 is 12.6 Å². The van der Waals surface area contributed by atoms with Gasteiger partial charge in [0.15, 0.2) is 5.92 Å². The van der Waals surface area contributed by atoms with Crippen molar-refractivity contribution in [2.75, 3.05) is 11.4 Å². The molecular formula is C30H25ClN6O2S. The molecule has 0 aliphatic carbocycles. The summed E-state index contributed by atoms with van der Waals surface area (Å²) in [5, 5.41) is 4.85. The van der Waals surface area contributed by atoms with Crippen molar-refractivity contribution >= 4 is 53.2 Å². The van der Waals surface area contributed by atoms with E-state index in [1.54, 1.807) is 47.8 Å². The summed E-state index contributed by atoms with van der Waals surface area (Å²) in [6.07, 6.45) is 4.98. The number of hydrazone groups is 1. The number of pyridine rings is 2. The van der Waals surface area contributed by atoms with E-state index in [9.17, 15) is 9.59 Å². The number of hydrogen-bond acceptors (Lipinski definition) is 6. The van der Waals surface area contributed by atoms with Crippen LogP contribution in [0.2, 0.25) is 5.15 Å². The molecule has 40 heavy (non-hydrogen) atoms. The van der Waals surface area contributed by atoms with E-state index in [-0.39, 0.29) is 18.4 Å². The number of nitrogens with zero attached hydrogens (tertiary/aromatic N) is 5. The van der Waals surface area contributed by atoms with Gasteiger partial charge in [-0.25, -0.2) is 14.6 Å². The number of anilines is 1. The highest BCUT2D eigenvalue weighted by atomic mass is 35.5. The van der Waals surface area contributed by atoms with Crippen LogP contribution in [0.4, 0.5) is 5.82 Å². The highest BCUT2D eigenvalue weighted by molar-refractivity contribution is 7.77. The molecule has 2 aromatic carbocycles. The molecule has 1 aliphatic heterocycles. The first-order valence-corrected chi connectivity index (χ1v) is 13.4. The van der Waals surface area contributed by atoms with Gasteiger partial charge in [-0.15, -0.1) is 0 Å². The second-order valence-electron chi connectivity index (χ2n) is 9.01. The van der Waals surface area contributed by atoms with Crippen LogP contribution in [0, 0.1) is 0 Å². The number of carbonyl (C=O) groups excluding carboxylic acids is 2. The minimum atomic E-state index is -1.00. The molecule has 1 aliphatic rings. The SMILES string of the molecule is CCN=C([S-])N/N=C/c1cccc(-c2cccc(C3C(=O)N(Cc4ccc(Cl)nc4)c4cccc[n+]4C3=O)c2)c1. The van der Waals surface area contributed by atoms with Crippen molar-refractivity contribution in [3.8, 4) is 11.1 Å². The molecule has 0 bridgehead atoms. The first kappa shape index (κ1) is 27.1. The second kappa shape index (κ2) is 12.1. The molecule has 200 valence electrons. The fourth-order valence-corrected chi connectivity index (χ4v) is 4.81. The summed E-state index contributed by atoms with van der Waals surface area (Å²) >= 11 is 11.0. The average molecular weight is 569 g/mol. The molecule has 10 heteroatoms. The zero-order chi connectivity index (χ0) is 28.1. The number of benzene rings is 2. The van der Waals surface area contributed by atoms with Gasteiger partial charge >= 0.3 is 11.8 Å². The molecule has 0 spiro atoms. The maximum atomic E-state index is 13.9. The Balaban J connectivity index is 1.46. The largest absolute Gasteiger partial charge is 0.741 e. The highest BCUT2D eigenvalue weighted by Crippen LogP contribution is 2.31. The minimum absolute atomic E-state index is 0.251. The lowest BCUT2D eigenvalue weighted by Crippen LogP contribution is -2.59. The van der Waals surface area contributed by atoms with Crippen LogP contribution in [0.15, 0.2) is 101 Å². The third-order valence-electron chi connectivity index (χ3n) is 6.36. The smallest absolute Gasteiger partial charge is 0.333 e. The molecular weight excluding hydrogens is 544 g/mol. The topological polar surface area (TPSA) is 90.9 Å². The van der Waals surface area contributed by atoms with Gasteiger partial charge in [-0.1, -0.05) is 60.1 Å². The molecule has 5 rings (SSSR count). The zero-order valence-electron chi connectivity index (χ0n) is 21.6. The van der Waals surface area contributed by atoms with E-state index in [1.165, 1.54) is 4.57 Å². The molecule has 1 amide bonds. The van der Waals surface area contributed by atoms with Crippen LogP contribution in [-0.4, -0.2) is 34.7 Å². The molecule has 0 fully saturated rings. The van der Waals surface area contributed by atoms with Crippen molar-refractivity contribution in [3.63, 3.8) is 0 Å². The van der Waals surface area contributed by atoms with Crippen molar-refractivity contribution in [1.29, 1.82) is 0 Å². The van der Waals surface area contributed by atoms with Crippen molar-refractivity contribution in [3.05, 3.63) is 113 Å². The summed E-state index contributed by atoms with van der Waals surface area (Å²) in [5.74, 6) is -1.10. The van der Waals surface area contributed by atoms with Crippen LogP contribution in [0.25, 0.3) is 11.1 Å². The summed E-state index contributed by atoms with van der Waals surface area (Å²) in [5.41, 5.74) is 6.78. The number of fused-ring (bicyclic) bond motifs is 1. The summed E-state index contributed by atoms with van der Waals surface area (Å²) in [6, 6.07) is 24.1. The number of amidine groups is 1. The van der Waals surface area contributed by atoms with Gasteiger partial charge in [-0.3, -0.25) is 10.4 Å². The summed E-state index contributed by atoms with van der Waals surface area (Å²) < 4.78 is 1.53. The van der Waals surface area contributed by atoms with Crippen LogP contribution >= 0.6 is 11.6 Å². The first-order chi connectivity index (χ1) is 19.4. The van der Waals surface area contributed by atoms with E-state index >= 15 is 0 Å². The molecule has 0 radical (unpaired) electrons. The number of hydrogen-bond donors (Lipinski definition) is 1. The molecule has 1 N–H and O–H groups in total. The average Bonchev–Trinajstić information content (AvgIpc) is 2.97. The molecule has 1 atom stereocenters. The second-order valence-corrected chi connectivity index (χ2v) is 9.79. The van der Waals surface area contributed by atoms with E-state index in [0.717, 1.165) is 22.3 Å². The van der Waals surface area contributed by atoms with Gasteiger partial charge in [-0.05, 0) is 58.6 Å². The predicted octanol–water partition coefficient (Wildman–Crippen LogP) is 4.51.